The summed E-state index contributed by atoms with van der Waals surface area (Å²) >= 11 is 11.6. The first-order valence-electron chi connectivity index (χ1n) is 5.54. The van der Waals surface area contributed by atoms with Crippen LogP contribution in [0.2, 0.25) is 5.02 Å². The number of hydrogen-bond donors (Lipinski definition) is 0. The molecule has 1 rings (SSSR count). The minimum absolute atomic E-state index is 0.349. The summed E-state index contributed by atoms with van der Waals surface area (Å²) in [6, 6.07) is 1.75. The molecule has 1 heterocycles. The molecule has 0 spiro atoms. The molecule has 1 aromatic heterocycles. The van der Waals surface area contributed by atoms with Crippen molar-refractivity contribution in [3.05, 3.63) is 22.8 Å². The van der Waals surface area contributed by atoms with Crippen LogP contribution in [0.5, 0.6) is 5.88 Å². The minimum Gasteiger partial charge on any atom is -0.475 e. The van der Waals surface area contributed by atoms with Crippen LogP contribution in [0.15, 0.2) is 12.3 Å². The molecule has 96 valence electrons. The van der Waals surface area contributed by atoms with Gasteiger partial charge in [-0.3, -0.25) is 0 Å². The molecule has 0 aromatic carbocycles. The Kier molecular flexibility index (Phi) is 6.63. The van der Waals surface area contributed by atoms with Crippen LogP contribution in [-0.2, 0) is 10.6 Å². The zero-order valence-electron chi connectivity index (χ0n) is 10.1. The fourth-order valence-electron chi connectivity index (χ4n) is 1.16. The van der Waals surface area contributed by atoms with Gasteiger partial charge in [0.2, 0.25) is 5.88 Å². The second-order valence-corrected chi connectivity index (χ2v) is 4.74. The highest BCUT2D eigenvalue weighted by molar-refractivity contribution is 6.32. The summed E-state index contributed by atoms with van der Waals surface area (Å²) in [6.07, 6.45) is 1.55. The Labute approximate surface area is 112 Å². The maximum Gasteiger partial charge on any atom is 0.213 e. The Balaban J connectivity index is 2.32. The van der Waals surface area contributed by atoms with Crippen LogP contribution in [0.1, 0.15) is 19.4 Å². The molecule has 0 aliphatic heterocycles. The Morgan fingerprint density at radius 3 is 2.76 bits per heavy atom. The molecule has 0 aliphatic carbocycles. The molecule has 0 bridgehead atoms. The number of alkyl halides is 1. The van der Waals surface area contributed by atoms with Gasteiger partial charge >= 0.3 is 0 Å². The summed E-state index contributed by atoms with van der Waals surface area (Å²) in [5, 5.41) is 0.559. The molecule has 0 fully saturated rings. The number of rotatable bonds is 7. The van der Waals surface area contributed by atoms with Crippen molar-refractivity contribution in [3.63, 3.8) is 0 Å². The maximum absolute atomic E-state index is 5.89. The van der Waals surface area contributed by atoms with Crippen LogP contribution in [0, 0.1) is 5.92 Å². The quantitative estimate of drug-likeness (QED) is 0.565. The number of halogens is 2. The average molecular weight is 278 g/mol. The summed E-state index contributed by atoms with van der Waals surface area (Å²) in [4.78, 5) is 4.05. The average Bonchev–Trinajstić information content (AvgIpc) is 2.30. The molecule has 0 unspecified atom stereocenters. The van der Waals surface area contributed by atoms with Crippen molar-refractivity contribution >= 4 is 23.2 Å². The largest absolute Gasteiger partial charge is 0.475 e. The first kappa shape index (κ1) is 14.6. The molecule has 1 aromatic rings. The molecule has 3 nitrogen and oxygen atoms in total. The van der Waals surface area contributed by atoms with Gasteiger partial charge in [0.15, 0.2) is 0 Å². The molecular weight excluding hydrogens is 261 g/mol. The van der Waals surface area contributed by atoms with E-state index in [1.54, 1.807) is 12.3 Å². The zero-order chi connectivity index (χ0) is 12.7. The third-order valence-corrected chi connectivity index (χ3v) is 2.61. The smallest absolute Gasteiger partial charge is 0.213 e. The highest BCUT2D eigenvalue weighted by Crippen LogP contribution is 2.20. The van der Waals surface area contributed by atoms with Crippen molar-refractivity contribution in [1.29, 1.82) is 0 Å². The van der Waals surface area contributed by atoms with E-state index in [9.17, 15) is 0 Å². The van der Waals surface area contributed by atoms with Crippen LogP contribution >= 0.6 is 23.2 Å². The fraction of sp³-hybridized carbons (Fsp3) is 0.583. The number of nitrogens with zero attached hydrogens (tertiary/aromatic N) is 1. The normalized spacial score (nSPS) is 10.9. The van der Waals surface area contributed by atoms with Gasteiger partial charge in [0.1, 0.15) is 6.61 Å². The summed E-state index contributed by atoms with van der Waals surface area (Å²) in [5.74, 6) is 1.41. The molecule has 0 N–H and O–H groups in total. The van der Waals surface area contributed by atoms with Gasteiger partial charge in [-0.15, -0.1) is 11.6 Å². The predicted octanol–water partition coefficient (Wildman–Crippen LogP) is 3.53. The Morgan fingerprint density at radius 2 is 2.12 bits per heavy atom. The second-order valence-electron chi connectivity index (χ2n) is 4.06. The van der Waals surface area contributed by atoms with E-state index in [0.717, 1.165) is 12.2 Å². The standard InChI is InChI=1S/C12H17Cl2NO2/c1-9(2)8-16-3-4-17-12-5-10(6-13)11(14)7-15-12/h5,7,9H,3-4,6,8H2,1-2H3. The SMILES string of the molecule is CC(C)COCCOc1cc(CCl)c(Cl)cn1. The second kappa shape index (κ2) is 7.75. The fourth-order valence-corrected chi connectivity index (χ4v) is 1.62. The number of ether oxygens (including phenoxy) is 2. The van der Waals surface area contributed by atoms with E-state index in [4.69, 9.17) is 32.7 Å². The topological polar surface area (TPSA) is 31.4 Å². The van der Waals surface area contributed by atoms with Gasteiger partial charge < -0.3 is 9.47 Å². The van der Waals surface area contributed by atoms with E-state index >= 15 is 0 Å². The monoisotopic (exact) mass is 277 g/mol. The van der Waals surface area contributed by atoms with Gasteiger partial charge in [0, 0.05) is 24.8 Å². The van der Waals surface area contributed by atoms with Gasteiger partial charge in [-0.2, -0.15) is 0 Å². The number of hydrogen-bond acceptors (Lipinski definition) is 3. The Morgan fingerprint density at radius 1 is 1.35 bits per heavy atom. The maximum atomic E-state index is 5.89. The van der Waals surface area contributed by atoms with Crippen molar-refractivity contribution in [2.24, 2.45) is 5.92 Å². The van der Waals surface area contributed by atoms with Gasteiger partial charge in [-0.1, -0.05) is 25.4 Å². The Bertz CT molecular complexity index is 345. The van der Waals surface area contributed by atoms with E-state index < -0.39 is 0 Å². The van der Waals surface area contributed by atoms with E-state index in [-0.39, 0.29) is 0 Å². The van der Waals surface area contributed by atoms with Crippen LogP contribution in [0.3, 0.4) is 0 Å². The molecule has 0 radical (unpaired) electrons. The highest BCUT2D eigenvalue weighted by Gasteiger charge is 2.03. The molecule has 17 heavy (non-hydrogen) atoms. The zero-order valence-corrected chi connectivity index (χ0v) is 11.6. The molecule has 0 atom stereocenters. The highest BCUT2D eigenvalue weighted by atomic mass is 35.5. The number of pyridine rings is 1. The minimum atomic E-state index is 0.349. The van der Waals surface area contributed by atoms with Gasteiger partial charge in [-0.25, -0.2) is 4.98 Å². The van der Waals surface area contributed by atoms with Crippen molar-refractivity contribution in [2.45, 2.75) is 19.7 Å². The van der Waals surface area contributed by atoms with Crippen molar-refractivity contribution < 1.29 is 9.47 Å². The summed E-state index contributed by atoms with van der Waals surface area (Å²) in [7, 11) is 0. The molecular formula is C12H17Cl2NO2. The van der Waals surface area contributed by atoms with Crippen molar-refractivity contribution in [3.8, 4) is 5.88 Å². The lowest BCUT2D eigenvalue weighted by Gasteiger charge is -2.09. The third-order valence-electron chi connectivity index (χ3n) is 1.98. The molecule has 0 saturated carbocycles. The lowest BCUT2D eigenvalue weighted by atomic mass is 10.2. The summed E-state index contributed by atoms with van der Waals surface area (Å²) < 4.78 is 10.8. The third kappa shape index (κ3) is 5.57. The van der Waals surface area contributed by atoms with Gasteiger partial charge in [0.25, 0.3) is 0 Å². The lowest BCUT2D eigenvalue weighted by Crippen LogP contribution is -2.10. The Hall–Kier alpha value is -0.510. The molecule has 0 amide bonds. The van der Waals surface area contributed by atoms with E-state index in [1.807, 2.05) is 0 Å². The lowest BCUT2D eigenvalue weighted by molar-refractivity contribution is 0.0806. The van der Waals surface area contributed by atoms with Gasteiger partial charge in [-0.05, 0) is 11.5 Å². The summed E-state index contributed by atoms with van der Waals surface area (Å²) in [5.41, 5.74) is 0.821. The first-order valence-corrected chi connectivity index (χ1v) is 6.45. The van der Waals surface area contributed by atoms with E-state index in [0.29, 0.717) is 35.9 Å². The van der Waals surface area contributed by atoms with Gasteiger partial charge in [0.05, 0.1) is 11.6 Å². The van der Waals surface area contributed by atoms with Crippen LogP contribution in [0.4, 0.5) is 0 Å². The summed E-state index contributed by atoms with van der Waals surface area (Å²) in [6.45, 7) is 5.98. The van der Waals surface area contributed by atoms with Crippen molar-refractivity contribution in [2.75, 3.05) is 19.8 Å². The van der Waals surface area contributed by atoms with E-state index in [2.05, 4.69) is 18.8 Å². The molecule has 5 heteroatoms. The van der Waals surface area contributed by atoms with Crippen LogP contribution in [-0.4, -0.2) is 24.8 Å². The first-order chi connectivity index (χ1) is 8.13. The molecule has 0 saturated heterocycles. The number of aromatic nitrogens is 1. The molecule has 0 aliphatic rings. The van der Waals surface area contributed by atoms with E-state index in [1.165, 1.54) is 0 Å². The predicted molar refractivity (Wildman–Crippen MR) is 70.0 cm³/mol. The van der Waals surface area contributed by atoms with Crippen LogP contribution in [0.25, 0.3) is 0 Å². The van der Waals surface area contributed by atoms with Crippen molar-refractivity contribution in [1.82, 2.24) is 4.98 Å². The van der Waals surface area contributed by atoms with Crippen LogP contribution < -0.4 is 4.74 Å².